The van der Waals surface area contributed by atoms with Crippen molar-refractivity contribution >= 4 is 23.6 Å². The zero-order chi connectivity index (χ0) is 21.3. The predicted octanol–water partition coefficient (Wildman–Crippen LogP) is 2.06. The number of imide groups is 1. The van der Waals surface area contributed by atoms with E-state index in [-0.39, 0.29) is 12.4 Å². The lowest BCUT2D eigenvalue weighted by Crippen LogP contribution is -2.41. The molecule has 0 radical (unpaired) electrons. The normalized spacial score (nSPS) is 18.5. The van der Waals surface area contributed by atoms with E-state index in [1.807, 2.05) is 12.1 Å². The summed E-state index contributed by atoms with van der Waals surface area (Å²) in [7, 11) is 1.56. The number of ether oxygens (including phenoxy) is 1. The topological polar surface area (TPSA) is 91.3 Å². The Morgan fingerprint density at radius 1 is 1.17 bits per heavy atom. The van der Waals surface area contributed by atoms with Crippen molar-refractivity contribution in [1.82, 2.24) is 15.2 Å². The second-order valence-corrected chi connectivity index (χ2v) is 6.92. The van der Waals surface area contributed by atoms with Crippen LogP contribution in [0.3, 0.4) is 0 Å². The Morgan fingerprint density at radius 2 is 1.87 bits per heavy atom. The standard InChI is InChI=1S/C21H19FN4O4/c1-30-16-8-4-14(5-9-16)18-10-17(13-2-6-15(22)7-3-13)24-26(18)20(28)12-25-19(27)11-23-21(25)29/h2-9,18H,10-12H2,1H3,(H,23,29). The van der Waals surface area contributed by atoms with Gasteiger partial charge in [0.2, 0.25) is 0 Å². The lowest BCUT2D eigenvalue weighted by atomic mass is 9.98. The van der Waals surface area contributed by atoms with Gasteiger partial charge in [-0.2, -0.15) is 5.10 Å². The summed E-state index contributed by atoms with van der Waals surface area (Å²) >= 11 is 0. The van der Waals surface area contributed by atoms with Gasteiger partial charge in [0.1, 0.15) is 18.1 Å². The van der Waals surface area contributed by atoms with Crippen molar-refractivity contribution in [2.45, 2.75) is 12.5 Å². The number of hydrogen-bond acceptors (Lipinski definition) is 5. The fourth-order valence-corrected chi connectivity index (χ4v) is 3.47. The quantitative estimate of drug-likeness (QED) is 0.764. The highest BCUT2D eigenvalue weighted by atomic mass is 19.1. The molecule has 1 atom stereocenters. The van der Waals surface area contributed by atoms with Crippen LogP contribution in [0.5, 0.6) is 5.75 Å². The van der Waals surface area contributed by atoms with E-state index in [0.29, 0.717) is 23.4 Å². The second-order valence-electron chi connectivity index (χ2n) is 6.92. The summed E-state index contributed by atoms with van der Waals surface area (Å²) in [5.74, 6) is -0.640. The number of rotatable bonds is 5. The van der Waals surface area contributed by atoms with E-state index in [4.69, 9.17) is 4.74 Å². The molecule has 154 valence electrons. The van der Waals surface area contributed by atoms with Gasteiger partial charge in [0.05, 0.1) is 25.4 Å². The number of hydrogen-bond donors (Lipinski definition) is 1. The van der Waals surface area contributed by atoms with Crippen molar-refractivity contribution in [2.24, 2.45) is 5.10 Å². The van der Waals surface area contributed by atoms with Gasteiger partial charge in [-0.25, -0.2) is 14.2 Å². The Kier molecular flexibility index (Phi) is 5.18. The fourth-order valence-electron chi connectivity index (χ4n) is 3.47. The number of urea groups is 1. The molecule has 2 aliphatic rings. The first kappa shape index (κ1) is 19.6. The molecule has 2 aliphatic heterocycles. The lowest BCUT2D eigenvalue weighted by molar-refractivity contribution is -0.137. The molecule has 1 N–H and O–H groups in total. The third-order valence-corrected chi connectivity index (χ3v) is 5.07. The van der Waals surface area contributed by atoms with Crippen LogP contribution in [0.25, 0.3) is 0 Å². The molecule has 30 heavy (non-hydrogen) atoms. The number of methoxy groups -OCH3 is 1. The SMILES string of the molecule is COc1ccc(C2CC(c3ccc(F)cc3)=NN2C(=O)CN2C(=O)CNC2=O)cc1. The summed E-state index contributed by atoms with van der Waals surface area (Å²) in [6, 6.07) is 12.1. The maximum Gasteiger partial charge on any atom is 0.325 e. The first-order valence-electron chi connectivity index (χ1n) is 9.34. The Bertz CT molecular complexity index is 1000. The minimum absolute atomic E-state index is 0.127. The van der Waals surface area contributed by atoms with Crippen molar-refractivity contribution in [1.29, 1.82) is 0 Å². The summed E-state index contributed by atoms with van der Waals surface area (Å²) in [4.78, 5) is 37.5. The van der Waals surface area contributed by atoms with Crippen molar-refractivity contribution < 1.29 is 23.5 Å². The minimum atomic E-state index is -0.601. The molecule has 0 aliphatic carbocycles. The molecule has 0 bridgehead atoms. The maximum atomic E-state index is 13.3. The first-order valence-corrected chi connectivity index (χ1v) is 9.34. The number of carbonyl (C=O) groups is 3. The molecular weight excluding hydrogens is 391 g/mol. The van der Waals surface area contributed by atoms with Crippen LogP contribution in [0.4, 0.5) is 9.18 Å². The summed E-state index contributed by atoms with van der Waals surface area (Å²) in [5, 5.41) is 8.14. The van der Waals surface area contributed by atoms with Gasteiger partial charge in [-0.05, 0) is 35.4 Å². The smallest absolute Gasteiger partial charge is 0.325 e. The molecule has 4 rings (SSSR count). The number of halogens is 1. The van der Waals surface area contributed by atoms with E-state index < -0.39 is 30.4 Å². The van der Waals surface area contributed by atoms with Crippen LogP contribution in [0.15, 0.2) is 53.6 Å². The maximum absolute atomic E-state index is 13.3. The van der Waals surface area contributed by atoms with E-state index in [9.17, 15) is 18.8 Å². The van der Waals surface area contributed by atoms with Gasteiger partial charge in [-0.15, -0.1) is 0 Å². The number of hydrazone groups is 1. The molecule has 1 saturated heterocycles. The Morgan fingerprint density at radius 3 is 2.47 bits per heavy atom. The molecule has 2 aromatic carbocycles. The summed E-state index contributed by atoms with van der Waals surface area (Å²) in [5.41, 5.74) is 2.13. The van der Waals surface area contributed by atoms with Crippen LogP contribution in [-0.2, 0) is 9.59 Å². The average Bonchev–Trinajstić information content (AvgIpc) is 3.34. The van der Waals surface area contributed by atoms with E-state index in [0.717, 1.165) is 10.5 Å². The molecule has 0 aromatic heterocycles. The van der Waals surface area contributed by atoms with Gasteiger partial charge in [0.15, 0.2) is 0 Å². The number of nitrogens with one attached hydrogen (secondary N) is 1. The molecule has 2 aromatic rings. The van der Waals surface area contributed by atoms with Crippen LogP contribution in [0.2, 0.25) is 0 Å². The number of nitrogens with zero attached hydrogens (tertiary/aromatic N) is 3. The third kappa shape index (κ3) is 3.73. The van der Waals surface area contributed by atoms with Crippen LogP contribution >= 0.6 is 0 Å². The molecule has 4 amide bonds. The van der Waals surface area contributed by atoms with Gasteiger partial charge in [-0.1, -0.05) is 24.3 Å². The van der Waals surface area contributed by atoms with E-state index in [2.05, 4.69) is 10.4 Å². The fraction of sp³-hybridized carbons (Fsp3) is 0.238. The van der Waals surface area contributed by atoms with Gasteiger partial charge >= 0.3 is 6.03 Å². The largest absolute Gasteiger partial charge is 0.497 e. The van der Waals surface area contributed by atoms with Gasteiger partial charge in [0.25, 0.3) is 11.8 Å². The molecule has 1 fully saturated rings. The Hall–Kier alpha value is -3.75. The van der Waals surface area contributed by atoms with Crippen molar-refractivity contribution in [3.63, 3.8) is 0 Å². The third-order valence-electron chi connectivity index (χ3n) is 5.07. The van der Waals surface area contributed by atoms with Gasteiger partial charge in [0, 0.05) is 6.42 Å². The lowest BCUT2D eigenvalue weighted by Gasteiger charge is -2.23. The van der Waals surface area contributed by atoms with Gasteiger partial charge in [-0.3, -0.25) is 14.5 Å². The molecule has 9 heteroatoms. The highest BCUT2D eigenvalue weighted by molar-refractivity contribution is 6.06. The van der Waals surface area contributed by atoms with E-state index in [1.165, 1.54) is 17.1 Å². The van der Waals surface area contributed by atoms with Crippen LogP contribution in [-0.4, -0.2) is 53.7 Å². The minimum Gasteiger partial charge on any atom is -0.497 e. The Labute approximate surface area is 171 Å². The molecular formula is C21H19FN4O4. The Balaban J connectivity index is 1.63. The summed E-state index contributed by atoms with van der Waals surface area (Å²) in [6.45, 7) is -0.532. The molecule has 8 nitrogen and oxygen atoms in total. The van der Waals surface area contributed by atoms with Gasteiger partial charge < -0.3 is 10.1 Å². The molecule has 0 spiro atoms. The number of carbonyl (C=O) groups excluding carboxylic acids is 3. The van der Waals surface area contributed by atoms with Crippen LogP contribution in [0, 0.1) is 5.82 Å². The average molecular weight is 410 g/mol. The first-order chi connectivity index (χ1) is 14.5. The summed E-state index contributed by atoms with van der Waals surface area (Å²) in [6.07, 6.45) is 0.407. The zero-order valence-corrected chi connectivity index (χ0v) is 16.2. The second kappa shape index (κ2) is 7.94. The van der Waals surface area contributed by atoms with Crippen LogP contribution < -0.4 is 10.1 Å². The zero-order valence-electron chi connectivity index (χ0n) is 16.2. The number of amides is 4. The van der Waals surface area contributed by atoms with Crippen molar-refractivity contribution in [3.05, 3.63) is 65.5 Å². The molecule has 2 heterocycles. The van der Waals surface area contributed by atoms with Crippen LogP contribution in [0.1, 0.15) is 23.6 Å². The monoisotopic (exact) mass is 410 g/mol. The molecule has 1 unspecified atom stereocenters. The number of benzene rings is 2. The summed E-state index contributed by atoms with van der Waals surface area (Å²) < 4.78 is 18.5. The van der Waals surface area contributed by atoms with E-state index in [1.54, 1.807) is 31.4 Å². The molecule has 0 saturated carbocycles. The van der Waals surface area contributed by atoms with Crippen molar-refractivity contribution in [2.75, 3.05) is 20.2 Å². The highest BCUT2D eigenvalue weighted by Crippen LogP contribution is 2.33. The highest BCUT2D eigenvalue weighted by Gasteiger charge is 2.37. The van der Waals surface area contributed by atoms with Crippen molar-refractivity contribution in [3.8, 4) is 5.75 Å². The van der Waals surface area contributed by atoms with E-state index >= 15 is 0 Å². The predicted molar refractivity (Wildman–Crippen MR) is 105 cm³/mol.